The van der Waals surface area contributed by atoms with Crippen LogP contribution in [0.5, 0.6) is 0 Å². The van der Waals surface area contributed by atoms with Crippen LogP contribution in [0.25, 0.3) is 11.5 Å². The number of nitrogens with zero attached hydrogens (tertiary/aromatic N) is 3. The number of thioether (sulfide) groups is 1. The Bertz CT molecular complexity index is 808. The lowest BCUT2D eigenvalue weighted by atomic mass is 10.0. The molecule has 0 N–H and O–H groups in total. The van der Waals surface area contributed by atoms with Crippen LogP contribution < -0.4 is 0 Å². The summed E-state index contributed by atoms with van der Waals surface area (Å²) in [5.41, 5.74) is 2.83. The first-order chi connectivity index (χ1) is 13.2. The molecular weight excluding hydrogens is 374 g/mol. The van der Waals surface area contributed by atoms with E-state index in [1.54, 1.807) is 11.8 Å². The second-order valence-electron chi connectivity index (χ2n) is 8.50. The molecular formula is C21H29N3O3S. The Balaban J connectivity index is 1.56. The van der Waals surface area contributed by atoms with E-state index < -0.39 is 5.60 Å². The van der Waals surface area contributed by atoms with Gasteiger partial charge in [-0.05, 0) is 65.5 Å². The predicted octanol–water partition coefficient (Wildman–Crippen LogP) is 5.09. The molecule has 0 unspecified atom stereocenters. The molecule has 3 rings (SSSR count). The summed E-state index contributed by atoms with van der Waals surface area (Å²) in [5.74, 6) is 1.78. The maximum Gasteiger partial charge on any atom is 0.410 e. The van der Waals surface area contributed by atoms with Crippen LogP contribution in [-0.2, 0) is 4.74 Å². The Labute approximate surface area is 171 Å². The second kappa shape index (κ2) is 8.55. The minimum Gasteiger partial charge on any atom is -0.444 e. The van der Waals surface area contributed by atoms with Gasteiger partial charge < -0.3 is 14.1 Å². The van der Waals surface area contributed by atoms with Crippen molar-refractivity contribution in [2.45, 2.75) is 58.3 Å². The fourth-order valence-corrected chi connectivity index (χ4v) is 4.25. The highest BCUT2D eigenvalue weighted by Crippen LogP contribution is 2.28. The van der Waals surface area contributed by atoms with Crippen LogP contribution in [0.1, 0.15) is 44.7 Å². The predicted molar refractivity (Wildman–Crippen MR) is 110 cm³/mol. The van der Waals surface area contributed by atoms with Gasteiger partial charge in [0.25, 0.3) is 5.22 Å². The van der Waals surface area contributed by atoms with E-state index in [0.717, 1.165) is 30.7 Å². The van der Waals surface area contributed by atoms with E-state index in [1.807, 2.05) is 25.7 Å². The number of hydrogen-bond donors (Lipinski definition) is 0. The van der Waals surface area contributed by atoms with Crippen molar-refractivity contribution in [3.63, 3.8) is 0 Å². The maximum absolute atomic E-state index is 12.3. The summed E-state index contributed by atoms with van der Waals surface area (Å²) in [6, 6.07) is 6.22. The summed E-state index contributed by atoms with van der Waals surface area (Å²) in [5, 5.41) is 8.95. The van der Waals surface area contributed by atoms with E-state index in [1.165, 1.54) is 11.1 Å². The van der Waals surface area contributed by atoms with E-state index in [2.05, 4.69) is 42.2 Å². The average Bonchev–Trinajstić information content (AvgIpc) is 3.07. The molecule has 0 radical (unpaired) electrons. The molecule has 1 amide bonds. The van der Waals surface area contributed by atoms with Crippen LogP contribution in [0.3, 0.4) is 0 Å². The summed E-state index contributed by atoms with van der Waals surface area (Å²) in [6.45, 7) is 11.3. The molecule has 152 valence electrons. The van der Waals surface area contributed by atoms with Gasteiger partial charge in [0, 0.05) is 24.4 Å². The Kier molecular flexibility index (Phi) is 6.33. The third-order valence-corrected chi connectivity index (χ3v) is 5.54. The zero-order valence-corrected chi connectivity index (χ0v) is 18.1. The lowest BCUT2D eigenvalue weighted by molar-refractivity contribution is 0.0177. The molecule has 28 heavy (non-hydrogen) atoms. The molecule has 0 spiro atoms. The molecule has 2 heterocycles. The van der Waals surface area contributed by atoms with E-state index in [-0.39, 0.29) is 6.09 Å². The number of benzene rings is 1. The van der Waals surface area contributed by atoms with E-state index in [0.29, 0.717) is 23.6 Å². The van der Waals surface area contributed by atoms with Crippen LogP contribution in [0, 0.1) is 19.8 Å². The molecule has 2 aromatic rings. The summed E-state index contributed by atoms with van der Waals surface area (Å²) < 4.78 is 11.3. The SMILES string of the molecule is Cc1cc(C)cc(-c2nnc(SC[C@H]3CCCN(C(=O)OC(C)(C)C)C3)o2)c1. The molecule has 1 atom stereocenters. The normalized spacial score (nSPS) is 17.6. The van der Waals surface area contributed by atoms with Gasteiger partial charge in [0.15, 0.2) is 0 Å². The highest BCUT2D eigenvalue weighted by atomic mass is 32.2. The Morgan fingerprint density at radius 2 is 1.96 bits per heavy atom. The van der Waals surface area contributed by atoms with Gasteiger partial charge in [0.1, 0.15) is 5.60 Å². The molecule has 0 aliphatic carbocycles. The summed E-state index contributed by atoms with van der Waals surface area (Å²) in [7, 11) is 0. The Morgan fingerprint density at radius 3 is 2.64 bits per heavy atom. The second-order valence-corrected chi connectivity index (χ2v) is 9.47. The molecule has 0 saturated carbocycles. The van der Waals surface area contributed by atoms with E-state index in [4.69, 9.17) is 9.15 Å². The van der Waals surface area contributed by atoms with Gasteiger partial charge in [0.05, 0.1) is 0 Å². The molecule has 7 heteroatoms. The molecule has 0 bridgehead atoms. The van der Waals surface area contributed by atoms with E-state index in [9.17, 15) is 4.79 Å². The minimum absolute atomic E-state index is 0.225. The van der Waals surface area contributed by atoms with Crippen molar-refractivity contribution in [2.24, 2.45) is 5.92 Å². The molecule has 1 saturated heterocycles. The quantitative estimate of drug-likeness (QED) is 0.662. The van der Waals surface area contributed by atoms with Gasteiger partial charge in [-0.2, -0.15) is 0 Å². The number of amides is 1. The zero-order chi connectivity index (χ0) is 20.3. The number of carbonyl (C=O) groups excluding carboxylic acids is 1. The van der Waals surface area contributed by atoms with Gasteiger partial charge in [-0.1, -0.05) is 29.0 Å². The van der Waals surface area contributed by atoms with Crippen LogP contribution in [0.2, 0.25) is 0 Å². The smallest absolute Gasteiger partial charge is 0.410 e. The molecule has 1 aromatic heterocycles. The first-order valence-corrected chi connectivity index (χ1v) is 10.7. The van der Waals surface area contributed by atoms with Gasteiger partial charge in [-0.3, -0.25) is 0 Å². The maximum atomic E-state index is 12.3. The highest BCUT2D eigenvalue weighted by molar-refractivity contribution is 7.99. The number of rotatable bonds is 4. The fraction of sp³-hybridized carbons (Fsp3) is 0.571. The molecule has 1 aromatic carbocycles. The lowest BCUT2D eigenvalue weighted by Crippen LogP contribution is -2.43. The third-order valence-electron chi connectivity index (χ3n) is 4.49. The average molecular weight is 404 g/mol. The van der Waals surface area contributed by atoms with Gasteiger partial charge in [0.2, 0.25) is 5.89 Å². The van der Waals surface area contributed by atoms with Gasteiger partial charge >= 0.3 is 6.09 Å². The number of carbonyl (C=O) groups is 1. The first kappa shape index (κ1) is 20.7. The number of aryl methyl sites for hydroxylation is 2. The summed E-state index contributed by atoms with van der Waals surface area (Å²) in [4.78, 5) is 14.1. The van der Waals surface area contributed by atoms with Crippen molar-refractivity contribution in [3.05, 3.63) is 29.3 Å². The molecule has 1 fully saturated rings. The van der Waals surface area contributed by atoms with Crippen molar-refractivity contribution in [1.82, 2.24) is 15.1 Å². The monoisotopic (exact) mass is 403 g/mol. The molecule has 6 nitrogen and oxygen atoms in total. The van der Waals surface area contributed by atoms with Crippen LogP contribution in [-0.4, -0.2) is 45.6 Å². The van der Waals surface area contributed by atoms with Crippen molar-refractivity contribution < 1.29 is 13.9 Å². The Morgan fingerprint density at radius 1 is 1.25 bits per heavy atom. The van der Waals surface area contributed by atoms with Crippen molar-refractivity contribution in [1.29, 1.82) is 0 Å². The van der Waals surface area contributed by atoms with Crippen LogP contribution in [0.4, 0.5) is 4.79 Å². The van der Waals surface area contributed by atoms with Crippen molar-refractivity contribution in [3.8, 4) is 11.5 Å². The van der Waals surface area contributed by atoms with Crippen LogP contribution in [0.15, 0.2) is 27.8 Å². The standard InChI is InChI=1S/C21H29N3O3S/c1-14-9-15(2)11-17(10-14)18-22-23-19(26-18)28-13-16-7-6-8-24(12-16)20(25)27-21(3,4)5/h9-11,16H,6-8,12-13H2,1-5H3/t16-/m0/s1. The lowest BCUT2D eigenvalue weighted by Gasteiger charge is -2.33. The topological polar surface area (TPSA) is 68.5 Å². The Hall–Kier alpha value is -2.02. The first-order valence-electron chi connectivity index (χ1n) is 9.72. The number of likely N-dealkylation sites (tertiary alicyclic amines) is 1. The number of aromatic nitrogens is 2. The van der Waals surface area contributed by atoms with E-state index >= 15 is 0 Å². The van der Waals surface area contributed by atoms with Crippen LogP contribution >= 0.6 is 11.8 Å². The summed E-state index contributed by atoms with van der Waals surface area (Å²) in [6.07, 6.45) is 1.85. The fourth-order valence-electron chi connectivity index (χ4n) is 3.37. The minimum atomic E-state index is -0.465. The zero-order valence-electron chi connectivity index (χ0n) is 17.3. The highest BCUT2D eigenvalue weighted by Gasteiger charge is 2.28. The molecule has 1 aliphatic heterocycles. The largest absolute Gasteiger partial charge is 0.444 e. The summed E-state index contributed by atoms with van der Waals surface area (Å²) >= 11 is 1.56. The van der Waals surface area contributed by atoms with Crippen molar-refractivity contribution in [2.75, 3.05) is 18.8 Å². The van der Waals surface area contributed by atoms with Gasteiger partial charge in [-0.25, -0.2) is 4.79 Å². The number of ether oxygens (including phenoxy) is 1. The van der Waals surface area contributed by atoms with Gasteiger partial charge in [-0.15, -0.1) is 10.2 Å². The number of hydrogen-bond acceptors (Lipinski definition) is 6. The third kappa shape index (κ3) is 5.74. The van der Waals surface area contributed by atoms with Crippen molar-refractivity contribution >= 4 is 17.9 Å². The molecule has 1 aliphatic rings. The number of piperidine rings is 1.